The summed E-state index contributed by atoms with van der Waals surface area (Å²) in [6.07, 6.45) is 3.18. The van der Waals surface area contributed by atoms with Gasteiger partial charge < -0.3 is 22.1 Å². The van der Waals surface area contributed by atoms with Crippen molar-refractivity contribution < 1.29 is 14.4 Å². The van der Waals surface area contributed by atoms with Gasteiger partial charge in [-0.15, -0.1) is 11.3 Å². The molecule has 2 amide bonds. The SMILES string of the molecule is CC(=O)NC1CCC[C@H]1C(=O)NC(CCCN=C(N)N)C(=O)c1nc2ccccc2s1. The third-order valence-corrected chi connectivity index (χ3v) is 6.38. The van der Waals surface area contributed by atoms with E-state index in [4.69, 9.17) is 11.5 Å². The molecule has 6 N–H and O–H groups in total. The Morgan fingerprint density at radius 3 is 2.74 bits per heavy atom. The molecule has 10 heteroatoms. The van der Waals surface area contributed by atoms with Crippen molar-refractivity contribution in [3.63, 3.8) is 0 Å². The molecule has 2 aromatic rings. The van der Waals surface area contributed by atoms with Gasteiger partial charge in [-0.25, -0.2) is 4.98 Å². The van der Waals surface area contributed by atoms with E-state index in [2.05, 4.69) is 20.6 Å². The molecule has 0 spiro atoms. The number of hydrogen-bond acceptors (Lipinski definition) is 6. The van der Waals surface area contributed by atoms with Gasteiger partial charge in [-0.1, -0.05) is 18.6 Å². The molecule has 1 aliphatic carbocycles. The Hall–Kier alpha value is -3.01. The quantitative estimate of drug-likeness (QED) is 0.198. The van der Waals surface area contributed by atoms with E-state index in [-0.39, 0.29) is 35.5 Å². The summed E-state index contributed by atoms with van der Waals surface area (Å²) in [4.78, 5) is 46.1. The predicted octanol–water partition coefficient (Wildman–Crippen LogP) is 1.32. The molecule has 0 saturated heterocycles. The molecule has 0 radical (unpaired) electrons. The van der Waals surface area contributed by atoms with Crippen LogP contribution in [0.25, 0.3) is 10.2 Å². The molecular formula is C21H28N6O3S. The van der Waals surface area contributed by atoms with Crippen LogP contribution in [0, 0.1) is 5.92 Å². The molecule has 9 nitrogen and oxygen atoms in total. The highest BCUT2D eigenvalue weighted by Gasteiger charge is 2.35. The lowest BCUT2D eigenvalue weighted by Gasteiger charge is -2.23. The number of benzene rings is 1. The molecule has 3 rings (SSSR count). The van der Waals surface area contributed by atoms with E-state index in [1.807, 2.05) is 24.3 Å². The molecule has 31 heavy (non-hydrogen) atoms. The van der Waals surface area contributed by atoms with Gasteiger partial charge in [0.25, 0.3) is 0 Å². The van der Waals surface area contributed by atoms with E-state index >= 15 is 0 Å². The Bertz CT molecular complexity index is 951. The standard InChI is InChI=1S/C21H28N6O3S/c1-12(28)25-14-8-4-6-13(14)19(30)26-16(9-5-11-24-21(22)23)18(29)20-27-15-7-2-3-10-17(15)31-20/h2-3,7,10,13-14,16H,4-6,8-9,11H2,1H3,(H,25,28)(H,26,30)(H4,22,23,24)/t13-,14?,16?/m1/s1. The highest BCUT2D eigenvalue weighted by molar-refractivity contribution is 7.20. The fourth-order valence-corrected chi connectivity index (χ4v) is 4.85. The van der Waals surface area contributed by atoms with Crippen LogP contribution in [0.1, 0.15) is 48.8 Å². The summed E-state index contributed by atoms with van der Waals surface area (Å²) in [5, 5.41) is 6.12. The number of nitrogens with zero attached hydrogens (tertiary/aromatic N) is 2. The van der Waals surface area contributed by atoms with Crippen LogP contribution in [-0.2, 0) is 9.59 Å². The summed E-state index contributed by atoms with van der Waals surface area (Å²) in [6.45, 7) is 1.80. The third kappa shape index (κ3) is 6.00. The lowest BCUT2D eigenvalue weighted by Crippen LogP contribution is -2.48. The Kier molecular flexibility index (Phi) is 7.56. The molecule has 3 atom stereocenters. The Balaban J connectivity index is 1.75. The van der Waals surface area contributed by atoms with Gasteiger partial charge in [0.05, 0.1) is 22.2 Å². The number of nitrogens with one attached hydrogen (secondary N) is 2. The van der Waals surface area contributed by atoms with E-state index in [0.717, 1.165) is 23.1 Å². The first-order chi connectivity index (χ1) is 14.8. The number of para-hydroxylation sites is 1. The number of nitrogens with two attached hydrogens (primary N) is 2. The second kappa shape index (κ2) is 10.3. The molecule has 1 aromatic carbocycles. The minimum absolute atomic E-state index is 0.0119. The first-order valence-corrected chi connectivity index (χ1v) is 11.2. The number of rotatable bonds is 9. The minimum atomic E-state index is -0.735. The first kappa shape index (κ1) is 22.7. The lowest BCUT2D eigenvalue weighted by molar-refractivity contribution is -0.126. The zero-order chi connectivity index (χ0) is 22.4. The number of guanidine groups is 1. The summed E-state index contributed by atoms with van der Waals surface area (Å²) in [6, 6.07) is 6.58. The molecule has 166 valence electrons. The van der Waals surface area contributed by atoms with Gasteiger partial charge in [0.2, 0.25) is 17.6 Å². The monoisotopic (exact) mass is 444 g/mol. The van der Waals surface area contributed by atoms with Crippen molar-refractivity contribution in [3.05, 3.63) is 29.3 Å². The topological polar surface area (TPSA) is 153 Å². The minimum Gasteiger partial charge on any atom is -0.370 e. The second-order valence-electron chi connectivity index (χ2n) is 7.71. The predicted molar refractivity (Wildman–Crippen MR) is 121 cm³/mol. The van der Waals surface area contributed by atoms with Gasteiger partial charge in [-0.2, -0.15) is 0 Å². The normalized spacial score (nSPS) is 19.0. The maximum atomic E-state index is 13.2. The molecule has 1 heterocycles. The van der Waals surface area contributed by atoms with Gasteiger partial charge in [-0.05, 0) is 37.8 Å². The van der Waals surface area contributed by atoms with Crippen molar-refractivity contribution in [2.45, 2.75) is 51.1 Å². The number of aliphatic imine (C=N–C) groups is 1. The number of carbonyl (C=O) groups excluding carboxylic acids is 3. The summed E-state index contributed by atoms with van der Waals surface area (Å²) in [7, 11) is 0. The van der Waals surface area contributed by atoms with Crippen LogP contribution >= 0.6 is 11.3 Å². The maximum Gasteiger partial charge on any atom is 0.225 e. The number of hydrogen-bond donors (Lipinski definition) is 4. The molecule has 1 aromatic heterocycles. The highest BCUT2D eigenvalue weighted by atomic mass is 32.1. The van der Waals surface area contributed by atoms with Crippen LogP contribution in [0.4, 0.5) is 0 Å². The van der Waals surface area contributed by atoms with E-state index in [1.165, 1.54) is 18.3 Å². The van der Waals surface area contributed by atoms with Crippen molar-refractivity contribution >= 4 is 45.1 Å². The summed E-state index contributed by atoms with van der Waals surface area (Å²) >= 11 is 1.31. The molecule has 0 aliphatic heterocycles. The van der Waals surface area contributed by atoms with Crippen LogP contribution in [-0.4, -0.2) is 47.2 Å². The van der Waals surface area contributed by atoms with Crippen molar-refractivity contribution in [1.29, 1.82) is 0 Å². The highest BCUT2D eigenvalue weighted by Crippen LogP contribution is 2.27. The summed E-state index contributed by atoms with van der Waals surface area (Å²) < 4.78 is 0.915. The van der Waals surface area contributed by atoms with Gasteiger partial charge >= 0.3 is 0 Å². The zero-order valence-corrected chi connectivity index (χ0v) is 18.3. The van der Waals surface area contributed by atoms with E-state index in [0.29, 0.717) is 30.8 Å². The van der Waals surface area contributed by atoms with Crippen LogP contribution < -0.4 is 22.1 Å². The van der Waals surface area contributed by atoms with E-state index in [9.17, 15) is 14.4 Å². The van der Waals surface area contributed by atoms with E-state index in [1.54, 1.807) is 0 Å². The first-order valence-electron chi connectivity index (χ1n) is 10.4. The number of aromatic nitrogens is 1. The van der Waals surface area contributed by atoms with Gasteiger partial charge in [0.1, 0.15) is 0 Å². The zero-order valence-electron chi connectivity index (χ0n) is 17.5. The fourth-order valence-electron chi connectivity index (χ4n) is 3.89. The van der Waals surface area contributed by atoms with Crippen LogP contribution in [0.2, 0.25) is 0 Å². The van der Waals surface area contributed by atoms with Crippen molar-refractivity contribution in [2.24, 2.45) is 22.4 Å². The second-order valence-corrected chi connectivity index (χ2v) is 8.74. The molecule has 1 aliphatic rings. The molecule has 1 saturated carbocycles. The number of ketones is 1. The summed E-state index contributed by atoms with van der Waals surface area (Å²) in [5.41, 5.74) is 11.5. The number of fused-ring (bicyclic) bond motifs is 1. The number of thiazole rings is 1. The van der Waals surface area contributed by atoms with Gasteiger partial charge in [-0.3, -0.25) is 19.4 Å². The van der Waals surface area contributed by atoms with Crippen LogP contribution in [0.5, 0.6) is 0 Å². The Morgan fingerprint density at radius 1 is 1.26 bits per heavy atom. The van der Waals surface area contributed by atoms with Crippen molar-refractivity contribution in [2.75, 3.05) is 6.54 Å². The van der Waals surface area contributed by atoms with Gasteiger partial charge in [0.15, 0.2) is 11.0 Å². The molecule has 1 fully saturated rings. The third-order valence-electron chi connectivity index (χ3n) is 5.32. The lowest BCUT2D eigenvalue weighted by atomic mass is 10.00. The Labute approximate surface area is 184 Å². The van der Waals surface area contributed by atoms with Crippen LogP contribution in [0.3, 0.4) is 0 Å². The van der Waals surface area contributed by atoms with E-state index < -0.39 is 6.04 Å². The van der Waals surface area contributed by atoms with Gasteiger partial charge in [0, 0.05) is 19.5 Å². The Morgan fingerprint density at radius 2 is 2.03 bits per heavy atom. The fraction of sp³-hybridized carbons (Fsp3) is 0.476. The van der Waals surface area contributed by atoms with Crippen molar-refractivity contribution in [3.8, 4) is 0 Å². The van der Waals surface area contributed by atoms with Crippen LogP contribution in [0.15, 0.2) is 29.3 Å². The average Bonchev–Trinajstić information content (AvgIpc) is 3.35. The molecular weight excluding hydrogens is 416 g/mol. The smallest absolute Gasteiger partial charge is 0.225 e. The molecule has 2 unspecified atom stereocenters. The molecule has 0 bridgehead atoms. The number of Topliss-reactive ketones (excluding diaryl/α,β-unsaturated/α-hetero) is 1. The largest absolute Gasteiger partial charge is 0.370 e. The maximum absolute atomic E-state index is 13.2. The average molecular weight is 445 g/mol. The number of amides is 2. The number of carbonyl (C=O) groups is 3. The summed E-state index contributed by atoms with van der Waals surface area (Å²) in [5.74, 6) is -0.982. The van der Waals surface area contributed by atoms with Crippen molar-refractivity contribution in [1.82, 2.24) is 15.6 Å².